The Morgan fingerprint density at radius 1 is 1.26 bits per heavy atom. The number of fused-ring (bicyclic) bond motifs is 1. The van der Waals surface area contributed by atoms with Crippen LogP contribution < -0.4 is 5.56 Å². The molecule has 122 valence electrons. The highest BCUT2D eigenvalue weighted by Gasteiger charge is 2.22. The van der Waals surface area contributed by atoms with Gasteiger partial charge in [0.2, 0.25) is 0 Å². The molecule has 2 N–H and O–H groups in total. The highest BCUT2D eigenvalue weighted by molar-refractivity contribution is 5.63. The molecular weight excluding hydrogens is 292 g/mol. The van der Waals surface area contributed by atoms with E-state index in [4.69, 9.17) is 4.42 Å². The lowest BCUT2D eigenvalue weighted by atomic mass is 9.89. The minimum Gasteiger partial charge on any atom is -0.460 e. The van der Waals surface area contributed by atoms with Gasteiger partial charge in [-0.2, -0.15) is 0 Å². The quantitative estimate of drug-likeness (QED) is 0.910. The molecule has 1 fully saturated rings. The third-order valence-electron chi connectivity index (χ3n) is 4.97. The van der Waals surface area contributed by atoms with Gasteiger partial charge in [0.15, 0.2) is 0 Å². The Morgan fingerprint density at radius 3 is 2.87 bits per heavy atom. The maximum absolute atomic E-state index is 12.0. The molecule has 1 saturated heterocycles. The maximum atomic E-state index is 12.0. The molecule has 4 rings (SSSR count). The number of nitrogens with zero attached hydrogens (tertiary/aromatic N) is 1. The minimum atomic E-state index is -0.212. The van der Waals surface area contributed by atoms with Crippen molar-refractivity contribution in [1.29, 1.82) is 0 Å². The van der Waals surface area contributed by atoms with E-state index < -0.39 is 0 Å². The summed E-state index contributed by atoms with van der Waals surface area (Å²) in [5, 5.41) is 9.61. The number of hydrogen-bond donors (Lipinski definition) is 2. The zero-order chi connectivity index (χ0) is 15.8. The molecule has 3 heterocycles. The fourth-order valence-electron chi connectivity index (χ4n) is 3.77. The third-order valence-corrected chi connectivity index (χ3v) is 4.97. The van der Waals surface area contributed by atoms with Gasteiger partial charge in [-0.1, -0.05) is 0 Å². The van der Waals surface area contributed by atoms with Crippen molar-refractivity contribution >= 4 is 0 Å². The number of β-amino-alcohol motifs (C(OH)–C–C–N with tert-alkyl or cyclic N) is 1. The average Bonchev–Trinajstić information content (AvgIpc) is 3.18. The molecule has 2 aromatic heterocycles. The fraction of sp³-hybridized carbons (Fsp3) is 0.500. The first-order valence-electron chi connectivity index (χ1n) is 8.43. The van der Waals surface area contributed by atoms with Gasteiger partial charge in [0.1, 0.15) is 11.5 Å². The van der Waals surface area contributed by atoms with E-state index in [0.29, 0.717) is 6.54 Å². The summed E-state index contributed by atoms with van der Waals surface area (Å²) >= 11 is 0. The summed E-state index contributed by atoms with van der Waals surface area (Å²) in [5.41, 5.74) is 3.14. The van der Waals surface area contributed by atoms with Gasteiger partial charge < -0.3 is 14.5 Å². The van der Waals surface area contributed by atoms with Crippen LogP contribution in [-0.2, 0) is 19.4 Å². The number of furan rings is 1. The number of rotatable bonds is 3. The van der Waals surface area contributed by atoms with Crippen molar-refractivity contribution in [2.45, 2.75) is 44.8 Å². The van der Waals surface area contributed by atoms with Crippen LogP contribution in [0.1, 0.15) is 36.1 Å². The molecule has 0 aromatic carbocycles. The Hall–Kier alpha value is -1.85. The minimum absolute atomic E-state index is 0.0429. The topological polar surface area (TPSA) is 69.5 Å². The highest BCUT2D eigenvalue weighted by Crippen LogP contribution is 2.30. The van der Waals surface area contributed by atoms with E-state index >= 15 is 0 Å². The van der Waals surface area contributed by atoms with Crippen LogP contribution in [0.15, 0.2) is 27.5 Å². The Balaban J connectivity index is 1.61. The number of H-pyrrole nitrogens is 1. The SMILES string of the molecule is O=c1[nH]cc(-c2ccc(CN3CCC(O)C3)o2)c2c1CCCC2. The van der Waals surface area contributed by atoms with Crippen molar-refractivity contribution in [2.24, 2.45) is 0 Å². The van der Waals surface area contributed by atoms with Crippen molar-refractivity contribution in [2.75, 3.05) is 13.1 Å². The van der Waals surface area contributed by atoms with Crippen LogP contribution in [0.2, 0.25) is 0 Å². The second-order valence-corrected chi connectivity index (χ2v) is 6.64. The molecule has 0 radical (unpaired) electrons. The molecule has 5 nitrogen and oxygen atoms in total. The summed E-state index contributed by atoms with van der Waals surface area (Å²) in [7, 11) is 0. The summed E-state index contributed by atoms with van der Waals surface area (Å²) < 4.78 is 6.03. The molecule has 0 bridgehead atoms. The zero-order valence-electron chi connectivity index (χ0n) is 13.2. The average molecular weight is 314 g/mol. The van der Waals surface area contributed by atoms with E-state index in [0.717, 1.165) is 73.4 Å². The van der Waals surface area contributed by atoms with E-state index in [9.17, 15) is 9.90 Å². The smallest absolute Gasteiger partial charge is 0.251 e. The van der Waals surface area contributed by atoms with E-state index in [-0.39, 0.29) is 11.7 Å². The molecule has 2 aromatic rings. The van der Waals surface area contributed by atoms with Crippen molar-refractivity contribution < 1.29 is 9.52 Å². The van der Waals surface area contributed by atoms with Crippen LogP contribution in [-0.4, -0.2) is 34.2 Å². The van der Waals surface area contributed by atoms with Gasteiger partial charge in [-0.25, -0.2) is 0 Å². The lowest BCUT2D eigenvalue weighted by Gasteiger charge is -2.17. The molecule has 1 unspecified atom stereocenters. The Morgan fingerprint density at radius 2 is 2.09 bits per heavy atom. The Bertz CT molecular complexity index is 762. The van der Waals surface area contributed by atoms with Crippen LogP contribution in [0.25, 0.3) is 11.3 Å². The van der Waals surface area contributed by atoms with Crippen LogP contribution in [0.4, 0.5) is 0 Å². The first-order chi connectivity index (χ1) is 11.2. The largest absolute Gasteiger partial charge is 0.460 e. The summed E-state index contributed by atoms with van der Waals surface area (Å²) in [6, 6.07) is 3.99. The monoisotopic (exact) mass is 314 g/mol. The first-order valence-corrected chi connectivity index (χ1v) is 8.43. The summed E-state index contributed by atoms with van der Waals surface area (Å²) in [6.45, 7) is 2.35. The first kappa shape index (κ1) is 14.7. The molecule has 1 aliphatic heterocycles. The summed E-state index contributed by atoms with van der Waals surface area (Å²) in [4.78, 5) is 17.1. The van der Waals surface area contributed by atoms with Crippen molar-refractivity contribution in [1.82, 2.24) is 9.88 Å². The normalized spacial score (nSPS) is 21.5. The van der Waals surface area contributed by atoms with Gasteiger partial charge in [-0.3, -0.25) is 9.69 Å². The van der Waals surface area contributed by atoms with E-state index in [1.807, 2.05) is 12.1 Å². The lowest BCUT2D eigenvalue weighted by Crippen LogP contribution is -2.21. The van der Waals surface area contributed by atoms with Gasteiger partial charge in [0.25, 0.3) is 5.56 Å². The second-order valence-electron chi connectivity index (χ2n) is 6.64. The lowest BCUT2D eigenvalue weighted by molar-refractivity contribution is 0.172. The van der Waals surface area contributed by atoms with Gasteiger partial charge in [0, 0.05) is 30.4 Å². The molecule has 0 amide bonds. The van der Waals surface area contributed by atoms with Crippen LogP contribution in [0, 0.1) is 0 Å². The molecule has 1 atom stereocenters. The number of hydrogen-bond acceptors (Lipinski definition) is 4. The molecule has 23 heavy (non-hydrogen) atoms. The molecule has 2 aliphatic rings. The van der Waals surface area contributed by atoms with Gasteiger partial charge in [-0.05, 0) is 49.8 Å². The van der Waals surface area contributed by atoms with Crippen molar-refractivity contribution in [3.8, 4) is 11.3 Å². The third kappa shape index (κ3) is 2.86. The Kier molecular flexibility index (Phi) is 3.83. The predicted octanol–water partition coefficient (Wildman–Crippen LogP) is 2.08. The second kappa shape index (κ2) is 5.98. The van der Waals surface area contributed by atoms with Gasteiger partial charge in [0.05, 0.1) is 12.6 Å². The van der Waals surface area contributed by atoms with Crippen molar-refractivity contribution in [3.63, 3.8) is 0 Å². The number of nitrogens with one attached hydrogen (secondary N) is 1. The van der Waals surface area contributed by atoms with E-state index in [1.54, 1.807) is 6.20 Å². The van der Waals surface area contributed by atoms with Crippen LogP contribution >= 0.6 is 0 Å². The van der Waals surface area contributed by atoms with Gasteiger partial charge >= 0.3 is 0 Å². The van der Waals surface area contributed by atoms with Crippen molar-refractivity contribution in [3.05, 3.63) is 45.6 Å². The zero-order valence-corrected chi connectivity index (χ0v) is 13.2. The number of aliphatic hydroxyl groups excluding tert-OH is 1. The summed E-state index contributed by atoms with van der Waals surface area (Å²) in [6.07, 6.45) is 6.43. The number of aliphatic hydroxyl groups is 1. The number of aromatic amines is 1. The molecule has 5 heteroatoms. The number of pyridine rings is 1. The highest BCUT2D eigenvalue weighted by atomic mass is 16.3. The Labute approximate surface area is 134 Å². The molecule has 0 spiro atoms. The van der Waals surface area contributed by atoms with E-state index in [2.05, 4.69) is 9.88 Å². The molecule has 0 saturated carbocycles. The van der Waals surface area contributed by atoms with Crippen LogP contribution in [0.5, 0.6) is 0 Å². The fourth-order valence-corrected chi connectivity index (χ4v) is 3.77. The maximum Gasteiger partial charge on any atom is 0.251 e. The molecule has 1 aliphatic carbocycles. The predicted molar refractivity (Wildman–Crippen MR) is 87.3 cm³/mol. The number of likely N-dealkylation sites (tertiary alicyclic amines) is 1. The summed E-state index contributed by atoms with van der Waals surface area (Å²) in [5.74, 6) is 1.74. The standard InChI is InChI=1S/C18H22N2O3/c21-12-7-8-20(10-12)11-13-5-6-17(23-13)16-9-19-18(22)15-4-2-1-3-14(15)16/h5-6,9,12,21H,1-4,7-8,10-11H2,(H,19,22). The number of aromatic nitrogens is 1. The van der Waals surface area contributed by atoms with E-state index in [1.165, 1.54) is 0 Å². The van der Waals surface area contributed by atoms with Gasteiger partial charge in [-0.15, -0.1) is 0 Å². The molecular formula is C18H22N2O3. The van der Waals surface area contributed by atoms with Crippen LogP contribution in [0.3, 0.4) is 0 Å².